The van der Waals surface area contributed by atoms with Crippen LogP contribution in [0.25, 0.3) is 17.1 Å². The predicted molar refractivity (Wildman–Crippen MR) is 101 cm³/mol. The molecule has 0 saturated carbocycles. The highest BCUT2D eigenvalue weighted by molar-refractivity contribution is 5.92. The molecule has 1 atom stereocenters. The normalized spacial score (nSPS) is 12.6. The summed E-state index contributed by atoms with van der Waals surface area (Å²) < 4.78 is 58.4. The molecule has 0 bridgehead atoms. The molecule has 0 spiro atoms. The lowest BCUT2D eigenvalue weighted by atomic mass is 10.1. The molecule has 0 aliphatic rings. The van der Waals surface area contributed by atoms with E-state index in [-0.39, 0.29) is 11.3 Å². The summed E-state index contributed by atoms with van der Waals surface area (Å²) in [6.07, 6.45) is 2.34. The lowest BCUT2D eigenvalue weighted by Crippen LogP contribution is -2.25. The molecule has 0 aliphatic carbocycles. The van der Waals surface area contributed by atoms with Gasteiger partial charge in [0.2, 0.25) is 5.91 Å². The number of imidazole rings is 1. The number of alkyl halides is 4. The van der Waals surface area contributed by atoms with Gasteiger partial charge in [-0.3, -0.25) is 4.79 Å². The Morgan fingerprint density at radius 3 is 2.53 bits per heavy atom. The minimum Gasteiger partial charge on any atom is -0.435 e. The lowest BCUT2D eigenvalue weighted by Gasteiger charge is -2.11. The molecule has 2 N–H and O–H groups in total. The van der Waals surface area contributed by atoms with Gasteiger partial charge in [-0.15, -0.1) is 0 Å². The minimum atomic E-state index is -3.18. The number of amides is 1. The summed E-state index contributed by atoms with van der Waals surface area (Å²) in [6, 6.07) is 10.2. The molecule has 0 aliphatic heterocycles. The van der Waals surface area contributed by atoms with Crippen molar-refractivity contribution >= 4 is 23.0 Å². The van der Waals surface area contributed by atoms with E-state index in [4.69, 9.17) is 0 Å². The van der Waals surface area contributed by atoms with E-state index >= 15 is 0 Å². The van der Waals surface area contributed by atoms with Crippen LogP contribution in [0.3, 0.4) is 0 Å². The number of carbonyl (C=O) groups excluding carboxylic acids is 1. The van der Waals surface area contributed by atoms with Crippen molar-refractivity contribution in [2.45, 2.75) is 26.2 Å². The van der Waals surface area contributed by atoms with Crippen molar-refractivity contribution in [3.05, 3.63) is 59.9 Å². The molecular formula is C20H17F4N3O3. The van der Waals surface area contributed by atoms with Gasteiger partial charge in [0.05, 0.1) is 17.1 Å². The average molecular weight is 423 g/mol. The van der Waals surface area contributed by atoms with Crippen LogP contribution in [-0.2, 0) is 4.79 Å². The van der Waals surface area contributed by atoms with Crippen molar-refractivity contribution in [3.63, 3.8) is 0 Å². The summed E-state index contributed by atoms with van der Waals surface area (Å²) in [7, 11) is 0. The SMILES string of the molecule is CC(NC(=O)/C=C/c1ccc(OC(F)F)cc1OC(F)F)c1nc2ccccc2[nH]1. The van der Waals surface area contributed by atoms with E-state index in [2.05, 4.69) is 24.8 Å². The zero-order valence-electron chi connectivity index (χ0n) is 15.6. The van der Waals surface area contributed by atoms with Gasteiger partial charge in [0.1, 0.15) is 17.3 Å². The smallest absolute Gasteiger partial charge is 0.387 e. The van der Waals surface area contributed by atoms with Crippen LogP contribution < -0.4 is 14.8 Å². The minimum absolute atomic E-state index is 0.0865. The van der Waals surface area contributed by atoms with E-state index in [1.54, 1.807) is 6.92 Å². The maximum Gasteiger partial charge on any atom is 0.387 e. The molecule has 3 rings (SSSR count). The molecule has 1 unspecified atom stereocenters. The Labute approximate surface area is 168 Å². The third kappa shape index (κ3) is 5.49. The third-order valence-corrected chi connectivity index (χ3v) is 4.02. The number of halogens is 4. The van der Waals surface area contributed by atoms with Gasteiger partial charge in [-0.1, -0.05) is 12.1 Å². The quantitative estimate of drug-likeness (QED) is 0.408. The zero-order valence-corrected chi connectivity index (χ0v) is 15.6. The average Bonchev–Trinajstić information content (AvgIpc) is 3.11. The van der Waals surface area contributed by atoms with Crippen molar-refractivity contribution in [2.24, 2.45) is 0 Å². The molecule has 3 aromatic rings. The number of benzene rings is 2. The Hall–Kier alpha value is -3.56. The molecule has 10 heteroatoms. The van der Waals surface area contributed by atoms with Crippen molar-refractivity contribution in [1.82, 2.24) is 15.3 Å². The van der Waals surface area contributed by atoms with Gasteiger partial charge < -0.3 is 19.8 Å². The largest absolute Gasteiger partial charge is 0.435 e. The maximum atomic E-state index is 12.6. The van der Waals surface area contributed by atoms with Crippen molar-refractivity contribution < 1.29 is 31.8 Å². The fourth-order valence-electron chi connectivity index (χ4n) is 2.70. The van der Waals surface area contributed by atoms with Crippen molar-refractivity contribution in [1.29, 1.82) is 0 Å². The Balaban J connectivity index is 1.71. The summed E-state index contributed by atoms with van der Waals surface area (Å²) >= 11 is 0. The van der Waals surface area contributed by atoms with Crippen LogP contribution in [0.1, 0.15) is 24.4 Å². The second-order valence-corrected chi connectivity index (χ2v) is 6.16. The van der Waals surface area contributed by atoms with Crippen LogP contribution in [0.15, 0.2) is 48.5 Å². The number of ether oxygens (including phenoxy) is 2. The van der Waals surface area contributed by atoms with Crippen LogP contribution in [0.2, 0.25) is 0 Å². The second kappa shape index (κ2) is 9.29. The number of carbonyl (C=O) groups is 1. The van der Waals surface area contributed by atoms with Crippen LogP contribution in [0, 0.1) is 0 Å². The van der Waals surface area contributed by atoms with E-state index in [0.717, 1.165) is 29.2 Å². The molecule has 2 aromatic carbocycles. The standard InChI is InChI=1S/C20H17F4N3O3/c1-11(18-26-14-4-2-3-5-15(14)27-18)25-17(28)9-7-12-6-8-13(29-19(21)22)10-16(12)30-20(23)24/h2-11,19-20H,1H3,(H,25,28)(H,26,27)/b9-7+. The molecule has 30 heavy (non-hydrogen) atoms. The number of rotatable bonds is 8. The fourth-order valence-corrected chi connectivity index (χ4v) is 2.70. The van der Waals surface area contributed by atoms with E-state index in [0.29, 0.717) is 5.82 Å². The van der Waals surface area contributed by atoms with E-state index < -0.39 is 30.9 Å². The first-order chi connectivity index (χ1) is 14.3. The molecule has 0 radical (unpaired) electrons. The number of nitrogens with zero attached hydrogens (tertiary/aromatic N) is 1. The summed E-state index contributed by atoms with van der Waals surface area (Å²) in [5.41, 5.74) is 1.66. The predicted octanol–water partition coefficient (Wildman–Crippen LogP) is 4.66. The molecule has 0 fully saturated rings. The number of hydrogen-bond donors (Lipinski definition) is 2. The first kappa shape index (κ1) is 21.2. The Morgan fingerprint density at radius 2 is 1.83 bits per heavy atom. The number of para-hydroxylation sites is 2. The number of aromatic nitrogens is 2. The topological polar surface area (TPSA) is 76.2 Å². The summed E-state index contributed by atoms with van der Waals surface area (Å²) in [5.74, 6) is -0.717. The first-order valence-corrected chi connectivity index (χ1v) is 8.78. The summed E-state index contributed by atoms with van der Waals surface area (Å²) in [4.78, 5) is 19.7. The zero-order chi connectivity index (χ0) is 21.7. The van der Waals surface area contributed by atoms with Crippen molar-refractivity contribution in [2.75, 3.05) is 0 Å². The molecule has 1 heterocycles. The van der Waals surface area contributed by atoms with Gasteiger partial charge in [-0.25, -0.2) is 4.98 Å². The van der Waals surface area contributed by atoms with E-state index in [9.17, 15) is 22.4 Å². The molecule has 6 nitrogen and oxygen atoms in total. The molecule has 158 valence electrons. The Morgan fingerprint density at radius 1 is 1.10 bits per heavy atom. The van der Waals surface area contributed by atoms with E-state index in [1.807, 2.05) is 24.3 Å². The van der Waals surface area contributed by atoms with Gasteiger partial charge in [0.15, 0.2) is 0 Å². The van der Waals surface area contributed by atoms with Crippen molar-refractivity contribution in [3.8, 4) is 11.5 Å². The van der Waals surface area contributed by atoms with Gasteiger partial charge in [0, 0.05) is 17.7 Å². The molecule has 1 amide bonds. The second-order valence-electron chi connectivity index (χ2n) is 6.16. The highest BCUT2D eigenvalue weighted by atomic mass is 19.3. The number of H-pyrrole nitrogens is 1. The monoisotopic (exact) mass is 423 g/mol. The molecule has 0 saturated heterocycles. The molecular weight excluding hydrogens is 406 g/mol. The van der Waals surface area contributed by atoms with Gasteiger partial charge >= 0.3 is 13.2 Å². The first-order valence-electron chi connectivity index (χ1n) is 8.78. The highest BCUT2D eigenvalue weighted by Gasteiger charge is 2.14. The van der Waals surface area contributed by atoms with Gasteiger partial charge in [0.25, 0.3) is 0 Å². The number of aromatic amines is 1. The number of nitrogens with one attached hydrogen (secondary N) is 2. The number of hydrogen-bond acceptors (Lipinski definition) is 4. The van der Waals surface area contributed by atoms with Crippen LogP contribution in [0.5, 0.6) is 11.5 Å². The van der Waals surface area contributed by atoms with Crippen LogP contribution >= 0.6 is 0 Å². The maximum absolute atomic E-state index is 12.6. The Kier molecular flexibility index (Phi) is 6.55. The van der Waals surface area contributed by atoms with Crippen LogP contribution in [0.4, 0.5) is 17.6 Å². The number of fused-ring (bicyclic) bond motifs is 1. The Bertz CT molecular complexity index is 1020. The van der Waals surface area contributed by atoms with Crippen LogP contribution in [-0.4, -0.2) is 29.1 Å². The highest BCUT2D eigenvalue weighted by Crippen LogP contribution is 2.28. The third-order valence-electron chi connectivity index (χ3n) is 4.02. The van der Waals surface area contributed by atoms with Gasteiger partial charge in [-0.05, 0) is 37.3 Å². The fraction of sp³-hybridized carbons (Fsp3) is 0.200. The molecule has 1 aromatic heterocycles. The van der Waals surface area contributed by atoms with Gasteiger partial charge in [-0.2, -0.15) is 17.6 Å². The lowest BCUT2D eigenvalue weighted by molar-refractivity contribution is -0.117. The van der Waals surface area contributed by atoms with E-state index in [1.165, 1.54) is 12.1 Å². The summed E-state index contributed by atoms with van der Waals surface area (Å²) in [6.45, 7) is -4.57. The summed E-state index contributed by atoms with van der Waals surface area (Å²) in [5, 5.41) is 2.69.